The number of hydrogen-bond donors (Lipinski definition) is 1. The number of hydroxylamine groups is 2. The van der Waals surface area contributed by atoms with Crippen molar-refractivity contribution in [3.05, 3.63) is 23.9 Å². The van der Waals surface area contributed by atoms with Gasteiger partial charge < -0.3 is 4.84 Å². The Morgan fingerprint density at radius 1 is 1.13 bits per heavy atom. The molecule has 0 bridgehead atoms. The fourth-order valence-corrected chi connectivity index (χ4v) is 2.41. The summed E-state index contributed by atoms with van der Waals surface area (Å²) in [6.07, 6.45) is 5.75. The zero-order valence-corrected chi connectivity index (χ0v) is 12.4. The fourth-order valence-electron chi connectivity index (χ4n) is 2.41. The van der Waals surface area contributed by atoms with Crippen LogP contribution in [0, 0.1) is 0 Å². The molecule has 2 amide bonds. The fraction of sp³-hybridized carbons (Fsp3) is 0.400. The average Bonchev–Trinajstić information content (AvgIpc) is 3.18. The SMILES string of the molecule is O=C(ON1C(=O)CCC1=O)c1ccc(NN=C2CCCC2)nc1. The Kier molecular flexibility index (Phi) is 4.31. The molecule has 1 saturated heterocycles. The molecule has 1 aromatic heterocycles. The number of anilines is 1. The van der Waals surface area contributed by atoms with Crippen LogP contribution in [0.5, 0.6) is 0 Å². The highest BCUT2D eigenvalue weighted by molar-refractivity contribution is 6.02. The van der Waals surface area contributed by atoms with E-state index in [9.17, 15) is 14.4 Å². The molecule has 0 spiro atoms. The maximum absolute atomic E-state index is 11.9. The third kappa shape index (κ3) is 3.53. The largest absolute Gasteiger partial charge is 0.365 e. The highest BCUT2D eigenvalue weighted by Gasteiger charge is 2.33. The van der Waals surface area contributed by atoms with E-state index in [1.54, 1.807) is 6.07 Å². The van der Waals surface area contributed by atoms with E-state index in [2.05, 4.69) is 15.5 Å². The second-order valence-corrected chi connectivity index (χ2v) is 5.39. The summed E-state index contributed by atoms with van der Waals surface area (Å²) in [7, 11) is 0. The lowest BCUT2D eigenvalue weighted by Gasteiger charge is -2.12. The van der Waals surface area contributed by atoms with Crippen LogP contribution >= 0.6 is 0 Å². The molecule has 1 aliphatic carbocycles. The molecule has 8 nitrogen and oxygen atoms in total. The Labute approximate surface area is 132 Å². The molecular formula is C15H16N4O4. The molecule has 3 rings (SSSR count). The molecule has 2 heterocycles. The van der Waals surface area contributed by atoms with Gasteiger partial charge in [-0.2, -0.15) is 5.10 Å². The van der Waals surface area contributed by atoms with E-state index < -0.39 is 17.8 Å². The van der Waals surface area contributed by atoms with Crippen LogP contribution in [0.2, 0.25) is 0 Å². The summed E-state index contributed by atoms with van der Waals surface area (Å²) >= 11 is 0. The van der Waals surface area contributed by atoms with Crippen LogP contribution in [0.15, 0.2) is 23.4 Å². The van der Waals surface area contributed by atoms with Gasteiger partial charge in [0.15, 0.2) is 0 Å². The van der Waals surface area contributed by atoms with E-state index in [0.29, 0.717) is 10.9 Å². The average molecular weight is 316 g/mol. The zero-order valence-electron chi connectivity index (χ0n) is 12.4. The van der Waals surface area contributed by atoms with Crippen molar-refractivity contribution in [1.82, 2.24) is 10.0 Å². The van der Waals surface area contributed by atoms with Gasteiger partial charge in [-0.3, -0.25) is 15.0 Å². The summed E-state index contributed by atoms with van der Waals surface area (Å²) in [4.78, 5) is 43.6. The van der Waals surface area contributed by atoms with E-state index in [4.69, 9.17) is 4.84 Å². The van der Waals surface area contributed by atoms with Crippen molar-refractivity contribution in [2.45, 2.75) is 38.5 Å². The van der Waals surface area contributed by atoms with Crippen molar-refractivity contribution in [2.24, 2.45) is 5.10 Å². The van der Waals surface area contributed by atoms with Crippen LogP contribution in [0.25, 0.3) is 0 Å². The van der Waals surface area contributed by atoms with Crippen LogP contribution in [0.3, 0.4) is 0 Å². The number of nitrogens with zero attached hydrogens (tertiary/aromatic N) is 3. The number of nitrogens with one attached hydrogen (secondary N) is 1. The molecule has 8 heteroatoms. The lowest BCUT2D eigenvalue weighted by atomic mass is 10.3. The van der Waals surface area contributed by atoms with Gasteiger partial charge in [0.2, 0.25) is 0 Å². The van der Waals surface area contributed by atoms with Gasteiger partial charge in [-0.1, -0.05) is 0 Å². The van der Waals surface area contributed by atoms with Gasteiger partial charge in [-0.25, -0.2) is 9.78 Å². The zero-order chi connectivity index (χ0) is 16.2. The minimum atomic E-state index is -0.797. The second-order valence-electron chi connectivity index (χ2n) is 5.39. The number of carbonyl (C=O) groups excluding carboxylic acids is 3. The minimum Gasteiger partial charge on any atom is -0.325 e. The van der Waals surface area contributed by atoms with Crippen LogP contribution < -0.4 is 5.43 Å². The molecule has 23 heavy (non-hydrogen) atoms. The number of hydrazone groups is 1. The smallest absolute Gasteiger partial charge is 0.325 e. The summed E-state index contributed by atoms with van der Waals surface area (Å²) in [6, 6.07) is 3.08. The number of hydrogen-bond acceptors (Lipinski definition) is 7. The molecule has 0 aromatic carbocycles. The van der Waals surface area contributed by atoms with E-state index in [1.165, 1.54) is 12.3 Å². The number of rotatable bonds is 4. The van der Waals surface area contributed by atoms with E-state index in [1.807, 2.05) is 0 Å². The number of pyridine rings is 1. The molecule has 0 radical (unpaired) electrons. The maximum Gasteiger partial charge on any atom is 0.365 e. The Bertz CT molecular complexity index is 645. The van der Waals surface area contributed by atoms with Gasteiger partial charge in [0.05, 0.1) is 5.56 Å². The van der Waals surface area contributed by atoms with Crippen molar-refractivity contribution in [1.29, 1.82) is 0 Å². The molecule has 1 N–H and O–H groups in total. The predicted molar refractivity (Wildman–Crippen MR) is 80.3 cm³/mol. The predicted octanol–water partition coefficient (Wildman–Crippen LogP) is 1.64. The normalized spacial score (nSPS) is 17.6. The first-order valence-electron chi connectivity index (χ1n) is 7.49. The van der Waals surface area contributed by atoms with Gasteiger partial charge in [-0.15, -0.1) is 5.06 Å². The van der Waals surface area contributed by atoms with E-state index >= 15 is 0 Å². The molecule has 120 valence electrons. The van der Waals surface area contributed by atoms with Crippen molar-refractivity contribution in [2.75, 3.05) is 5.43 Å². The van der Waals surface area contributed by atoms with Crippen molar-refractivity contribution in [3.63, 3.8) is 0 Å². The molecule has 1 aliphatic heterocycles. The first-order chi connectivity index (χ1) is 11.1. The lowest BCUT2D eigenvalue weighted by molar-refractivity contribution is -0.172. The monoisotopic (exact) mass is 316 g/mol. The molecule has 2 fully saturated rings. The van der Waals surface area contributed by atoms with Gasteiger partial charge >= 0.3 is 5.97 Å². The first-order valence-corrected chi connectivity index (χ1v) is 7.49. The van der Waals surface area contributed by atoms with Gasteiger partial charge in [0.25, 0.3) is 11.8 Å². The molecule has 0 unspecified atom stereocenters. The highest BCUT2D eigenvalue weighted by Crippen LogP contribution is 2.16. The number of carbonyl (C=O) groups is 3. The molecule has 2 aliphatic rings. The third-order valence-electron chi connectivity index (χ3n) is 3.69. The van der Waals surface area contributed by atoms with Crippen LogP contribution in [-0.2, 0) is 14.4 Å². The highest BCUT2D eigenvalue weighted by atomic mass is 16.7. The minimum absolute atomic E-state index is 0.0631. The van der Waals surface area contributed by atoms with Crippen LogP contribution in [-0.4, -0.2) is 33.5 Å². The summed E-state index contributed by atoms with van der Waals surface area (Å²) in [6.45, 7) is 0. The lowest BCUT2D eigenvalue weighted by Crippen LogP contribution is -2.32. The van der Waals surface area contributed by atoms with Gasteiger partial charge in [0, 0.05) is 24.8 Å². The number of aromatic nitrogens is 1. The van der Waals surface area contributed by atoms with Crippen LogP contribution in [0.4, 0.5) is 5.82 Å². The Morgan fingerprint density at radius 2 is 1.83 bits per heavy atom. The maximum atomic E-state index is 11.9. The van der Waals surface area contributed by atoms with Crippen molar-refractivity contribution < 1.29 is 19.2 Å². The number of amides is 2. The van der Waals surface area contributed by atoms with Gasteiger partial charge in [0.1, 0.15) is 5.82 Å². The molecular weight excluding hydrogens is 300 g/mol. The van der Waals surface area contributed by atoms with Crippen LogP contribution in [0.1, 0.15) is 48.9 Å². The standard InChI is InChI=1S/C15H16N4O4/c20-13-7-8-14(21)19(13)23-15(22)10-5-6-12(16-9-10)18-17-11-3-1-2-4-11/h5-6,9H,1-4,7-8H2,(H,16,18). The Balaban J connectivity index is 1.60. The van der Waals surface area contributed by atoms with E-state index in [-0.39, 0.29) is 18.4 Å². The Hall–Kier alpha value is -2.77. The molecule has 1 saturated carbocycles. The van der Waals surface area contributed by atoms with E-state index in [0.717, 1.165) is 31.4 Å². The van der Waals surface area contributed by atoms with Crippen molar-refractivity contribution in [3.8, 4) is 0 Å². The first kappa shape index (κ1) is 15.1. The molecule has 1 aromatic rings. The van der Waals surface area contributed by atoms with Gasteiger partial charge in [-0.05, 0) is 37.8 Å². The topological polar surface area (TPSA) is 101 Å². The number of imide groups is 1. The summed E-state index contributed by atoms with van der Waals surface area (Å²) in [5.74, 6) is -1.31. The molecule has 0 atom stereocenters. The summed E-state index contributed by atoms with van der Waals surface area (Å²) in [5, 5.41) is 4.78. The Morgan fingerprint density at radius 3 is 2.43 bits per heavy atom. The third-order valence-corrected chi connectivity index (χ3v) is 3.69. The van der Waals surface area contributed by atoms with Crippen molar-refractivity contribution >= 4 is 29.3 Å². The quantitative estimate of drug-likeness (QED) is 0.669. The summed E-state index contributed by atoms with van der Waals surface area (Å²) in [5.41, 5.74) is 4.11. The summed E-state index contributed by atoms with van der Waals surface area (Å²) < 4.78 is 0. The second kappa shape index (κ2) is 6.55.